The summed E-state index contributed by atoms with van der Waals surface area (Å²) >= 11 is 1.49. The first-order valence-corrected chi connectivity index (χ1v) is 17.0. The van der Waals surface area contributed by atoms with E-state index in [9.17, 15) is 18.4 Å². The third kappa shape index (κ3) is 7.18. The van der Waals surface area contributed by atoms with Gasteiger partial charge in [0.15, 0.2) is 11.3 Å². The summed E-state index contributed by atoms with van der Waals surface area (Å²) in [6.07, 6.45) is 5.47. The topological polar surface area (TPSA) is 92.1 Å². The molecule has 0 spiro atoms. The molecule has 0 bridgehead atoms. The number of amides is 1. The lowest BCUT2D eigenvalue weighted by Gasteiger charge is -2.27. The summed E-state index contributed by atoms with van der Waals surface area (Å²) in [7, 11) is 0. The number of aromatic nitrogens is 3. The van der Waals surface area contributed by atoms with Crippen molar-refractivity contribution in [1.29, 1.82) is 0 Å². The Morgan fingerprint density at radius 1 is 1.13 bits per heavy atom. The minimum atomic E-state index is -1.10. The SMILES string of the molecule is CCCCC(=O)Oc1cccc(CN2CCC(NC(=O)c3cnc4ccc(N5CC(F)CC5c5cc(F)ccc5SC)nn34)C2)c1. The van der Waals surface area contributed by atoms with Crippen LogP contribution in [0.1, 0.15) is 66.7 Å². The lowest BCUT2D eigenvalue weighted by molar-refractivity contribution is -0.134. The van der Waals surface area contributed by atoms with E-state index in [4.69, 9.17) is 9.84 Å². The number of imidazole rings is 1. The molecule has 4 aromatic rings. The van der Waals surface area contributed by atoms with Crippen molar-refractivity contribution in [2.24, 2.45) is 0 Å². The Hall–Kier alpha value is -4.03. The number of anilines is 1. The van der Waals surface area contributed by atoms with Gasteiger partial charge in [-0.05, 0) is 72.7 Å². The molecule has 2 saturated heterocycles. The fourth-order valence-electron chi connectivity index (χ4n) is 6.29. The maximum atomic E-state index is 14.8. The van der Waals surface area contributed by atoms with Gasteiger partial charge in [-0.2, -0.15) is 0 Å². The van der Waals surface area contributed by atoms with E-state index in [1.807, 2.05) is 36.3 Å². The van der Waals surface area contributed by atoms with Crippen molar-refractivity contribution in [1.82, 2.24) is 24.8 Å². The van der Waals surface area contributed by atoms with Gasteiger partial charge in [0.2, 0.25) is 0 Å². The van der Waals surface area contributed by atoms with Gasteiger partial charge in [0.25, 0.3) is 5.91 Å². The molecule has 6 rings (SSSR count). The van der Waals surface area contributed by atoms with Crippen LogP contribution in [0.15, 0.2) is 65.7 Å². The number of hydrogen-bond acceptors (Lipinski definition) is 8. The average Bonchev–Trinajstić information content (AvgIpc) is 3.78. The summed E-state index contributed by atoms with van der Waals surface area (Å²) < 4.78 is 36.1. The number of unbranched alkanes of at least 4 members (excludes halogenated alkanes) is 1. The van der Waals surface area contributed by atoms with E-state index in [0.717, 1.165) is 41.8 Å². The summed E-state index contributed by atoms with van der Waals surface area (Å²) in [6.45, 7) is 4.30. The fraction of sp³-hybridized carbons (Fsp3) is 0.412. The van der Waals surface area contributed by atoms with Crippen LogP contribution in [0.5, 0.6) is 5.75 Å². The average molecular weight is 649 g/mol. The van der Waals surface area contributed by atoms with E-state index >= 15 is 0 Å². The second kappa shape index (κ2) is 14.2. The van der Waals surface area contributed by atoms with Gasteiger partial charge in [-0.1, -0.05) is 25.5 Å². The molecule has 1 N–H and O–H groups in total. The standard InChI is InChI=1S/C34H38F2N6O3S/c1-3-4-8-33(43)45-26-7-5-6-22(15-26)19-40-14-13-25(21-40)38-34(44)29-18-37-31-11-12-32(39-42(29)31)41-20-24(36)17-28(41)27-16-23(35)9-10-30(27)46-2/h5-7,9-12,15-16,18,24-25,28H,3-4,8,13-14,17,19-21H2,1-2H3,(H,38,44). The van der Waals surface area contributed by atoms with Crippen LogP contribution in [-0.2, 0) is 11.3 Å². The zero-order valence-corrected chi connectivity index (χ0v) is 26.8. The third-order valence-corrected chi connectivity index (χ3v) is 9.37. The molecule has 0 radical (unpaired) electrons. The maximum absolute atomic E-state index is 14.8. The highest BCUT2D eigenvalue weighted by atomic mass is 32.2. The first kappa shape index (κ1) is 31.9. The lowest BCUT2D eigenvalue weighted by Crippen LogP contribution is -2.37. The van der Waals surface area contributed by atoms with Gasteiger partial charge >= 0.3 is 5.97 Å². The highest BCUT2D eigenvalue weighted by Gasteiger charge is 2.36. The van der Waals surface area contributed by atoms with Crippen LogP contribution >= 0.6 is 11.8 Å². The summed E-state index contributed by atoms with van der Waals surface area (Å²) in [5.41, 5.74) is 2.55. The Balaban J connectivity index is 1.12. The first-order chi connectivity index (χ1) is 22.3. The number of thioether (sulfide) groups is 1. The minimum absolute atomic E-state index is 0.0653. The number of alkyl halides is 1. The zero-order chi connectivity index (χ0) is 32.2. The third-order valence-electron chi connectivity index (χ3n) is 8.55. The van der Waals surface area contributed by atoms with Crippen molar-refractivity contribution in [2.75, 3.05) is 30.8 Å². The molecule has 4 heterocycles. The number of nitrogens with one attached hydrogen (secondary N) is 1. The van der Waals surface area contributed by atoms with Crippen LogP contribution in [-0.4, -0.2) is 69.5 Å². The summed E-state index contributed by atoms with van der Waals surface area (Å²) in [5, 5.41) is 7.85. The molecule has 2 aliphatic heterocycles. The highest BCUT2D eigenvalue weighted by molar-refractivity contribution is 7.98. The number of benzene rings is 2. The molecule has 0 saturated carbocycles. The number of carbonyl (C=O) groups excluding carboxylic acids is 2. The van der Waals surface area contributed by atoms with E-state index in [2.05, 4.69) is 15.2 Å². The second-order valence-electron chi connectivity index (χ2n) is 11.9. The smallest absolute Gasteiger partial charge is 0.311 e. The fourth-order valence-corrected chi connectivity index (χ4v) is 6.93. The van der Waals surface area contributed by atoms with Crippen molar-refractivity contribution >= 4 is 35.1 Å². The molecule has 2 aromatic heterocycles. The van der Waals surface area contributed by atoms with E-state index in [1.54, 1.807) is 24.3 Å². The molecule has 2 aromatic carbocycles. The molecule has 9 nitrogen and oxygen atoms in total. The van der Waals surface area contributed by atoms with Crippen molar-refractivity contribution in [3.8, 4) is 5.75 Å². The Bertz CT molecular complexity index is 1720. The number of carbonyl (C=O) groups is 2. The number of fused-ring (bicyclic) bond motifs is 1. The predicted molar refractivity (Wildman–Crippen MR) is 174 cm³/mol. The number of halogens is 2. The number of hydrogen-bond donors (Lipinski definition) is 1. The van der Waals surface area contributed by atoms with E-state index in [-0.39, 0.29) is 42.4 Å². The van der Waals surface area contributed by atoms with Gasteiger partial charge in [-0.25, -0.2) is 18.3 Å². The molecule has 46 heavy (non-hydrogen) atoms. The van der Waals surface area contributed by atoms with E-state index < -0.39 is 12.2 Å². The Kier molecular flexibility index (Phi) is 9.83. The van der Waals surface area contributed by atoms with Gasteiger partial charge in [-0.3, -0.25) is 14.5 Å². The highest BCUT2D eigenvalue weighted by Crippen LogP contribution is 2.40. The van der Waals surface area contributed by atoms with Gasteiger partial charge in [-0.15, -0.1) is 16.9 Å². The molecule has 2 aliphatic rings. The van der Waals surface area contributed by atoms with Gasteiger partial charge in [0.1, 0.15) is 23.6 Å². The van der Waals surface area contributed by atoms with E-state index in [1.165, 1.54) is 34.6 Å². The van der Waals surface area contributed by atoms with Gasteiger partial charge in [0.05, 0.1) is 18.8 Å². The summed E-state index contributed by atoms with van der Waals surface area (Å²) in [5.74, 6) is 0.159. The number of likely N-dealkylation sites (tertiary alicyclic amines) is 1. The van der Waals surface area contributed by atoms with Crippen LogP contribution in [0, 0.1) is 5.82 Å². The molecule has 0 aliphatic carbocycles. The van der Waals surface area contributed by atoms with Gasteiger partial charge in [0, 0.05) is 43.4 Å². The van der Waals surface area contributed by atoms with Crippen LogP contribution in [0.4, 0.5) is 14.6 Å². The molecule has 3 unspecified atom stereocenters. The molecular formula is C34H38F2N6O3S. The van der Waals surface area contributed by atoms with E-state index in [0.29, 0.717) is 36.7 Å². The lowest BCUT2D eigenvalue weighted by atomic mass is 10.0. The Morgan fingerprint density at radius 3 is 2.83 bits per heavy atom. The molecule has 1 amide bonds. The van der Waals surface area contributed by atoms with Crippen molar-refractivity contribution in [3.05, 3.63) is 83.4 Å². The molecular weight excluding hydrogens is 610 g/mol. The predicted octanol–water partition coefficient (Wildman–Crippen LogP) is 5.98. The number of ether oxygens (including phenoxy) is 1. The van der Waals surface area contributed by atoms with Crippen LogP contribution in [0.2, 0.25) is 0 Å². The first-order valence-electron chi connectivity index (χ1n) is 15.7. The molecule has 12 heteroatoms. The van der Waals surface area contributed by atoms with Crippen molar-refractivity contribution < 1.29 is 23.1 Å². The molecule has 3 atom stereocenters. The quantitative estimate of drug-likeness (QED) is 0.121. The summed E-state index contributed by atoms with van der Waals surface area (Å²) in [6, 6.07) is 15.3. The number of esters is 1. The van der Waals surface area contributed by atoms with Crippen LogP contribution < -0.4 is 15.0 Å². The maximum Gasteiger partial charge on any atom is 0.311 e. The summed E-state index contributed by atoms with van der Waals surface area (Å²) in [4.78, 5) is 34.9. The number of rotatable bonds is 11. The van der Waals surface area contributed by atoms with Crippen molar-refractivity contribution in [3.63, 3.8) is 0 Å². The van der Waals surface area contributed by atoms with Crippen LogP contribution in [0.3, 0.4) is 0 Å². The molecule has 2 fully saturated rings. The minimum Gasteiger partial charge on any atom is -0.427 e. The van der Waals surface area contributed by atoms with Crippen molar-refractivity contribution in [2.45, 2.75) is 68.7 Å². The second-order valence-corrected chi connectivity index (χ2v) is 12.8. The zero-order valence-electron chi connectivity index (χ0n) is 26.0. The molecule has 242 valence electrons. The number of nitrogens with zero attached hydrogens (tertiary/aromatic N) is 5. The largest absolute Gasteiger partial charge is 0.427 e. The normalized spacial score (nSPS) is 20.0. The Morgan fingerprint density at radius 2 is 2.00 bits per heavy atom. The monoisotopic (exact) mass is 648 g/mol. The Labute approximate surface area is 271 Å². The van der Waals surface area contributed by atoms with Crippen LogP contribution in [0.25, 0.3) is 5.65 Å². The van der Waals surface area contributed by atoms with Gasteiger partial charge < -0.3 is 15.0 Å².